The molecule has 0 spiro atoms. The third-order valence-electron chi connectivity index (χ3n) is 1.97. The summed E-state index contributed by atoms with van der Waals surface area (Å²) in [5.74, 6) is -0.268. The molecule has 0 aliphatic heterocycles. The fourth-order valence-electron chi connectivity index (χ4n) is 1.19. The molecule has 1 unspecified atom stereocenters. The van der Waals surface area contributed by atoms with Crippen LogP contribution in [0.25, 0.3) is 0 Å². The van der Waals surface area contributed by atoms with Gasteiger partial charge in [-0.15, -0.1) is 0 Å². The number of hydrogen-bond donors (Lipinski definition) is 2. The number of nitrogens with one attached hydrogen (secondary N) is 1. The normalized spacial score (nSPS) is 12.2. The third kappa shape index (κ3) is 6.62. The van der Waals surface area contributed by atoms with Crippen molar-refractivity contribution in [1.82, 2.24) is 5.32 Å². The van der Waals surface area contributed by atoms with E-state index < -0.39 is 6.04 Å². The predicted octanol–water partition coefficient (Wildman–Crippen LogP) is 0.788. The van der Waals surface area contributed by atoms with Crippen molar-refractivity contribution >= 4 is 27.6 Å². The molecule has 0 bridgehead atoms. The summed E-state index contributed by atoms with van der Waals surface area (Å²) in [5.41, 5.74) is 5.26. The van der Waals surface area contributed by atoms with Crippen LogP contribution in [0.15, 0.2) is 0 Å². The number of rotatable bonds is 8. The van der Waals surface area contributed by atoms with Crippen molar-refractivity contribution in [2.24, 2.45) is 5.73 Å². The first-order valence-electron chi connectivity index (χ1n) is 5.08. The number of alkyl halides is 1. The first-order chi connectivity index (χ1) is 7.15. The van der Waals surface area contributed by atoms with E-state index in [9.17, 15) is 9.59 Å². The molecular weight excluding hydrogens is 260 g/mol. The third-order valence-corrected chi connectivity index (χ3v) is 2.47. The number of halogens is 1. The number of carbonyl (C=O) groups is 2. The van der Waals surface area contributed by atoms with Gasteiger partial charge in [-0.2, -0.15) is 0 Å². The van der Waals surface area contributed by atoms with Crippen LogP contribution >= 0.6 is 15.9 Å². The molecule has 5 heteroatoms. The van der Waals surface area contributed by atoms with Gasteiger partial charge in [-0.05, 0) is 6.42 Å². The van der Waals surface area contributed by atoms with Gasteiger partial charge in [-0.3, -0.25) is 9.59 Å². The summed E-state index contributed by atoms with van der Waals surface area (Å²) in [7, 11) is 0. The number of amides is 1. The van der Waals surface area contributed by atoms with Gasteiger partial charge in [-0.25, -0.2) is 0 Å². The number of ketones is 1. The maximum Gasteiger partial charge on any atom is 0.231 e. The van der Waals surface area contributed by atoms with Gasteiger partial charge in [0.15, 0.2) is 5.78 Å². The van der Waals surface area contributed by atoms with Crippen LogP contribution in [0.3, 0.4) is 0 Å². The van der Waals surface area contributed by atoms with E-state index in [1.54, 1.807) is 0 Å². The van der Waals surface area contributed by atoms with Crippen LogP contribution in [0.2, 0.25) is 0 Å². The van der Waals surface area contributed by atoms with Crippen molar-refractivity contribution in [2.45, 2.75) is 32.2 Å². The lowest BCUT2D eigenvalue weighted by Crippen LogP contribution is -2.42. The number of Topliss-reactive ketones (excluding diaryl/α,β-unsaturated/α-hetero) is 1. The summed E-state index contributed by atoms with van der Waals surface area (Å²) in [5, 5.41) is 2.88. The maximum absolute atomic E-state index is 11.5. The molecule has 1 atom stereocenters. The second kappa shape index (κ2) is 8.85. The molecule has 0 aromatic carbocycles. The summed E-state index contributed by atoms with van der Waals surface area (Å²) in [6.45, 7) is 2.26. The van der Waals surface area contributed by atoms with Crippen LogP contribution in [0.4, 0.5) is 0 Å². The Bertz CT molecular complexity index is 210. The van der Waals surface area contributed by atoms with E-state index >= 15 is 0 Å². The van der Waals surface area contributed by atoms with Gasteiger partial charge in [-0.1, -0.05) is 35.7 Å². The van der Waals surface area contributed by atoms with Crippen LogP contribution in [-0.4, -0.2) is 29.6 Å². The Hall–Kier alpha value is -0.420. The molecule has 0 aliphatic carbocycles. The Morgan fingerprint density at radius 1 is 1.53 bits per heavy atom. The van der Waals surface area contributed by atoms with Crippen molar-refractivity contribution < 1.29 is 9.59 Å². The minimum Gasteiger partial charge on any atom is -0.346 e. The van der Waals surface area contributed by atoms with Crippen molar-refractivity contribution in [3.63, 3.8) is 0 Å². The average molecular weight is 278 g/mol. The SMILES string of the molecule is CCCCC(NC(=O)CBr)C(=O)[CH]CN. The van der Waals surface area contributed by atoms with Gasteiger partial charge < -0.3 is 11.1 Å². The number of hydrogen-bond acceptors (Lipinski definition) is 3. The molecule has 87 valence electrons. The van der Waals surface area contributed by atoms with E-state index in [0.29, 0.717) is 6.42 Å². The second-order valence-corrected chi connectivity index (χ2v) is 3.80. The highest BCUT2D eigenvalue weighted by Gasteiger charge is 2.18. The monoisotopic (exact) mass is 277 g/mol. The summed E-state index contributed by atoms with van der Waals surface area (Å²) < 4.78 is 0. The largest absolute Gasteiger partial charge is 0.346 e. The van der Waals surface area contributed by atoms with Crippen LogP contribution in [0.5, 0.6) is 0 Å². The number of unbranched alkanes of at least 4 members (excludes halogenated alkanes) is 1. The lowest BCUT2D eigenvalue weighted by atomic mass is 10.0. The van der Waals surface area contributed by atoms with E-state index in [1.807, 2.05) is 6.92 Å². The molecule has 0 rings (SSSR count). The topological polar surface area (TPSA) is 72.2 Å². The molecule has 0 fully saturated rings. The van der Waals surface area contributed by atoms with Crippen LogP contribution < -0.4 is 11.1 Å². The molecule has 3 N–H and O–H groups in total. The maximum atomic E-state index is 11.5. The minimum absolute atomic E-state index is 0.0970. The summed E-state index contributed by atoms with van der Waals surface area (Å²) in [6, 6.07) is -0.418. The molecule has 0 heterocycles. The standard InChI is InChI=1S/C10H18BrN2O2/c1-2-3-4-8(9(14)5-6-12)13-10(15)7-11/h5,8H,2-4,6-7,12H2,1H3,(H,13,15). The van der Waals surface area contributed by atoms with Gasteiger partial charge in [0.25, 0.3) is 0 Å². The quantitative estimate of drug-likeness (QED) is 0.645. The lowest BCUT2D eigenvalue weighted by molar-refractivity contribution is -0.124. The van der Waals surface area contributed by atoms with Crippen LogP contribution in [0, 0.1) is 6.42 Å². The lowest BCUT2D eigenvalue weighted by Gasteiger charge is -2.16. The molecule has 4 nitrogen and oxygen atoms in total. The van der Waals surface area contributed by atoms with Crippen molar-refractivity contribution in [2.75, 3.05) is 11.9 Å². The first-order valence-corrected chi connectivity index (χ1v) is 6.20. The molecule has 1 amide bonds. The average Bonchev–Trinajstić information content (AvgIpc) is 2.24. The zero-order valence-corrected chi connectivity index (χ0v) is 10.5. The first kappa shape index (κ1) is 14.6. The Kier molecular flexibility index (Phi) is 8.61. The second-order valence-electron chi connectivity index (χ2n) is 3.24. The van der Waals surface area contributed by atoms with Gasteiger partial charge in [0.05, 0.1) is 11.4 Å². The molecule has 0 saturated carbocycles. The number of carbonyl (C=O) groups excluding carboxylic acids is 2. The molecule has 0 aliphatic rings. The van der Waals surface area contributed by atoms with Crippen molar-refractivity contribution in [1.29, 1.82) is 0 Å². The highest BCUT2D eigenvalue weighted by molar-refractivity contribution is 9.09. The van der Waals surface area contributed by atoms with Gasteiger partial charge in [0.2, 0.25) is 5.91 Å². The Morgan fingerprint density at radius 3 is 2.67 bits per heavy atom. The van der Waals surface area contributed by atoms with E-state index in [1.165, 1.54) is 6.42 Å². The fraction of sp³-hybridized carbons (Fsp3) is 0.700. The zero-order chi connectivity index (χ0) is 11.7. The smallest absolute Gasteiger partial charge is 0.231 e. The number of nitrogens with two attached hydrogens (primary N) is 1. The van der Waals surface area contributed by atoms with E-state index in [2.05, 4.69) is 21.2 Å². The van der Waals surface area contributed by atoms with Crippen molar-refractivity contribution in [3.8, 4) is 0 Å². The van der Waals surface area contributed by atoms with Crippen LogP contribution in [0.1, 0.15) is 26.2 Å². The van der Waals surface area contributed by atoms with E-state index in [-0.39, 0.29) is 23.6 Å². The van der Waals surface area contributed by atoms with Gasteiger partial charge in [0, 0.05) is 13.0 Å². The zero-order valence-electron chi connectivity index (χ0n) is 8.96. The Balaban J connectivity index is 4.16. The Labute approximate surface area is 99.1 Å². The molecule has 0 aromatic heterocycles. The highest BCUT2D eigenvalue weighted by atomic mass is 79.9. The molecule has 1 radical (unpaired) electrons. The molecular formula is C10H18BrN2O2. The molecule has 15 heavy (non-hydrogen) atoms. The van der Waals surface area contributed by atoms with Gasteiger partial charge in [0.1, 0.15) is 0 Å². The van der Waals surface area contributed by atoms with E-state index in [0.717, 1.165) is 12.8 Å². The highest BCUT2D eigenvalue weighted by Crippen LogP contribution is 2.03. The van der Waals surface area contributed by atoms with Gasteiger partial charge >= 0.3 is 0 Å². The van der Waals surface area contributed by atoms with E-state index in [4.69, 9.17) is 5.73 Å². The summed E-state index contributed by atoms with van der Waals surface area (Å²) in [4.78, 5) is 22.7. The van der Waals surface area contributed by atoms with Crippen molar-refractivity contribution in [3.05, 3.63) is 6.42 Å². The minimum atomic E-state index is -0.418. The predicted molar refractivity (Wildman–Crippen MR) is 63.6 cm³/mol. The Morgan fingerprint density at radius 2 is 2.20 bits per heavy atom. The summed E-state index contributed by atoms with van der Waals surface area (Å²) in [6.07, 6.45) is 3.99. The fourth-order valence-corrected chi connectivity index (χ4v) is 1.35. The molecule has 0 saturated heterocycles. The molecule has 0 aromatic rings. The summed E-state index contributed by atoms with van der Waals surface area (Å²) >= 11 is 3.04. The van der Waals surface area contributed by atoms with Crippen LogP contribution in [-0.2, 0) is 9.59 Å².